The average Bonchev–Trinajstić information content (AvgIpc) is 3.30. The van der Waals surface area contributed by atoms with Crippen molar-refractivity contribution in [3.05, 3.63) is 48.3 Å². The van der Waals surface area contributed by atoms with Gasteiger partial charge in [-0.05, 0) is 38.0 Å². The second-order valence-electron chi connectivity index (χ2n) is 6.03. The molecule has 0 radical (unpaired) electrons. The Labute approximate surface area is 146 Å². The van der Waals surface area contributed by atoms with Gasteiger partial charge in [0.1, 0.15) is 5.75 Å². The number of furan rings is 1. The molecule has 0 amide bonds. The van der Waals surface area contributed by atoms with Gasteiger partial charge in [0.05, 0.1) is 0 Å². The Balaban J connectivity index is 1.58. The molecule has 0 saturated carbocycles. The predicted octanol–water partition coefficient (Wildman–Crippen LogP) is 4.24. The maximum atomic E-state index is 5.85. The maximum Gasteiger partial charge on any atom is 0.290 e. The molecule has 1 saturated heterocycles. The third-order valence-electron chi connectivity index (χ3n) is 4.34. The zero-order valence-electron chi connectivity index (χ0n) is 14.2. The molecular weight excluding hydrogens is 318 g/mol. The first kappa shape index (κ1) is 15.9. The van der Waals surface area contributed by atoms with Gasteiger partial charge in [0, 0.05) is 31.7 Å². The van der Waals surface area contributed by atoms with Crippen LogP contribution < -0.4 is 4.74 Å². The lowest BCUT2D eigenvalue weighted by Crippen LogP contribution is -2.15. The molecule has 1 aliphatic rings. The first-order valence-corrected chi connectivity index (χ1v) is 8.69. The van der Waals surface area contributed by atoms with Crippen LogP contribution in [-0.2, 0) is 11.3 Å². The third kappa shape index (κ3) is 3.44. The van der Waals surface area contributed by atoms with Crippen LogP contribution in [0.1, 0.15) is 31.5 Å². The van der Waals surface area contributed by atoms with Gasteiger partial charge in [-0.25, -0.2) is 9.67 Å². The normalized spacial score (nSPS) is 15.4. The molecule has 3 aromatic rings. The number of benzene rings is 1. The molecule has 0 aliphatic carbocycles. The Bertz CT molecular complexity index is 820. The number of para-hydroxylation sites is 1. The summed E-state index contributed by atoms with van der Waals surface area (Å²) in [5.41, 5.74) is 0. The van der Waals surface area contributed by atoms with E-state index in [-0.39, 0.29) is 0 Å². The van der Waals surface area contributed by atoms with Crippen LogP contribution in [0.3, 0.4) is 0 Å². The van der Waals surface area contributed by atoms with E-state index in [9.17, 15) is 0 Å². The van der Waals surface area contributed by atoms with Crippen LogP contribution in [0, 0.1) is 0 Å². The molecule has 0 spiro atoms. The minimum atomic E-state index is 0.357. The van der Waals surface area contributed by atoms with Gasteiger partial charge in [0.25, 0.3) is 5.95 Å². The van der Waals surface area contributed by atoms with Crippen molar-refractivity contribution >= 4 is 0 Å². The fraction of sp³-hybridized carbons (Fsp3) is 0.368. The number of nitrogens with zero attached hydrogens (tertiary/aromatic N) is 3. The molecule has 0 bridgehead atoms. The van der Waals surface area contributed by atoms with Gasteiger partial charge < -0.3 is 13.9 Å². The highest BCUT2D eigenvalue weighted by atomic mass is 16.6. The standard InChI is InChI=1S/C19H21N3O3/c1-2-22-19(20-18(21-22)14-10-12-23-13-11-14)16-8-9-17(25-16)24-15-6-4-3-5-7-15/h3-9,14H,2,10-13H2,1H3. The topological polar surface area (TPSA) is 62.3 Å². The zero-order valence-corrected chi connectivity index (χ0v) is 14.2. The molecule has 6 nitrogen and oxygen atoms in total. The minimum absolute atomic E-state index is 0.357. The first-order valence-electron chi connectivity index (χ1n) is 8.69. The van der Waals surface area contributed by atoms with Gasteiger partial charge in [-0.2, -0.15) is 5.10 Å². The van der Waals surface area contributed by atoms with Crippen LogP contribution in [0.15, 0.2) is 46.9 Å². The smallest absolute Gasteiger partial charge is 0.290 e. The fourth-order valence-corrected chi connectivity index (χ4v) is 2.99. The monoisotopic (exact) mass is 339 g/mol. The summed E-state index contributed by atoms with van der Waals surface area (Å²) >= 11 is 0. The van der Waals surface area contributed by atoms with Crippen LogP contribution >= 0.6 is 0 Å². The molecule has 1 aliphatic heterocycles. The lowest BCUT2D eigenvalue weighted by Gasteiger charge is -2.18. The van der Waals surface area contributed by atoms with Crippen molar-refractivity contribution in [3.8, 4) is 23.3 Å². The molecular formula is C19H21N3O3. The van der Waals surface area contributed by atoms with Crippen LogP contribution in [0.25, 0.3) is 11.6 Å². The summed E-state index contributed by atoms with van der Waals surface area (Å²) in [4.78, 5) is 4.74. The molecule has 1 fully saturated rings. The van der Waals surface area contributed by atoms with Crippen LogP contribution in [-0.4, -0.2) is 28.0 Å². The molecule has 25 heavy (non-hydrogen) atoms. The lowest BCUT2D eigenvalue weighted by molar-refractivity contribution is 0.0835. The van der Waals surface area contributed by atoms with E-state index in [1.807, 2.05) is 47.1 Å². The van der Waals surface area contributed by atoms with E-state index in [1.165, 1.54) is 0 Å². The summed E-state index contributed by atoms with van der Waals surface area (Å²) < 4.78 is 18.9. The van der Waals surface area contributed by atoms with Crippen molar-refractivity contribution in [1.29, 1.82) is 0 Å². The van der Waals surface area contributed by atoms with E-state index >= 15 is 0 Å². The van der Waals surface area contributed by atoms with Crippen LogP contribution in [0.5, 0.6) is 11.7 Å². The Morgan fingerprint density at radius 3 is 2.68 bits per heavy atom. The molecule has 0 unspecified atom stereocenters. The van der Waals surface area contributed by atoms with Gasteiger partial charge in [0.2, 0.25) is 0 Å². The van der Waals surface area contributed by atoms with Crippen molar-refractivity contribution in [2.24, 2.45) is 0 Å². The van der Waals surface area contributed by atoms with Gasteiger partial charge >= 0.3 is 0 Å². The Morgan fingerprint density at radius 2 is 1.92 bits per heavy atom. The van der Waals surface area contributed by atoms with E-state index in [0.29, 0.717) is 17.6 Å². The number of hydrogen-bond acceptors (Lipinski definition) is 5. The summed E-state index contributed by atoms with van der Waals surface area (Å²) in [7, 11) is 0. The summed E-state index contributed by atoms with van der Waals surface area (Å²) in [6, 6.07) is 13.3. The summed E-state index contributed by atoms with van der Waals surface area (Å²) in [6.07, 6.45) is 1.93. The van der Waals surface area contributed by atoms with Gasteiger partial charge in [-0.3, -0.25) is 0 Å². The van der Waals surface area contributed by atoms with Crippen molar-refractivity contribution < 1.29 is 13.9 Å². The summed E-state index contributed by atoms with van der Waals surface area (Å²) in [5, 5.41) is 4.67. The number of rotatable bonds is 5. The zero-order chi connectivity index (χ0) is 17.1. The van der Waals surface area contributed by atoms with Crippen molar-refractivity contribution in [2.75, 3.05) is 13.2 Å². The summed E-state index contributed by atoms with van der Waals surface area (Å²) in [6.45, 7) is 4.34. The molecule has 6 heteroatoms. The van der Waals surface area contributed by atoms with Gasteiger partial charge in [-0.15, -0.1) is 0 Å². The van der Waals surface area contributed by atoms with E-state index in [2.05, 4.69) is 12.0 Å². The highest BCUT2D eigenvalue weighted by molar-refractivity contribution is 5.49. The fourth-order valence-electron chi connectivity index (χ4n) is 2.99. The van der Waals surface area contributed by atoms with E-state index in [4.69, 9.17) is 18.9 Å². The number of ether oxygens (including phenoxy) is 2. The first-order chi connectivity index (χ1) is 12.3. The SMILES string of the molecule is CCn1nc(C2CCOCC2)nc1-c1ccc(Oc2ccccc2)o1. The number of hydrogen-bond donors (Lipinski definition) is 0. The number of aromatic nitrogens is 3. The van der Waals surface area contributed by atoms with E-state index < -0.39 is 0 Å². The maximum absolute atomic E-state index is 5.85. The lowest BCUT2D eigenvalue weighted by atomic mass is 10.00. The molecule has 0 N–H and O–H groups in total. The molecule has 1 aromatic carbocycles. The van der Waals surface area contributed by atoms with Crippen LogP contribution in [0.2, 0.25) is 0 Å². The second-order valence-corrected chi connectivity index (χ2v) is 6.03. The summed E-state index contributed by atoms with van der Waals surface area (Å²) in [5.74, 6) is 3.82. The van der Waals surface area contributed by atoms with E-state index in [0.717, 1.165) is 50.0 Å². The quantitative estimate of drug-likeness (QED) is 0.695. The van der Waals surface area contributed by atoms with E-state index in [1.54, 1.807) is 0 Å². The van der Waals surface area contributed by atoms with Crippen molar-refractivity contribution in [3.63, 3.8) is 0 Å². The molecule has 4 rings (SSSR count). The van der Waals surface area contributed by atoms with Gasteiger partial charge in [0.15, 0.2) is 17.4 Å². The Kier molecular flexibility index (Phi) is 4.52. The largest absolute Gasteiger partial charge is 0.426 e. The molecule has 130 valence electrons. The van der Waals surface area contributed by atoms with Crippen molar-refractivity contribution in [1.82, 2.24) is 14.8 Å². The van der Waals surface area contributed by atoms with Crippen molar-refractivity contribution in [2.45, 2.75) is 32.2 Å². The third-order valence-corrected chi connectivity index (χ3v) is 4.34. The molecule has 2 aromatic heterocycles. The predicted molar refractivity (Wildman–Crippen MR) is 92.7 cm³/mol. The average molecular weight is 339 g/mol. The van der Waals surface area contributed by atoms with Gasteiger partial charge in [-0.1, -0.05) is 18.2 Å². The van der Waals surface area contributed by atoms with Crippen LogP contribution in [0.4, 0.5) is 0 Å². The minimum Gasteiger partial charge on any atom is -0.426 e. The Hall–Kier alpha value is -2.60. The molecule has 3 heterocycles. The highest BCUT2D eigenvalue weighted by Crippen LogP contribution is 2.31. The number of aryl methyl sites for hydroxylation is 1. The molecule has 0 atom stereocenters. The highest BCUT2D eigenvalue weighted by Gasteiger charge is 2.23. The Morgan fingerprint density at radius 1 is 1.12 bits per heavy atom. The second kappa shape index (κ2) is 7.11.